The summed E-state index contributed by atoms with van der Waals surface area (Å²) in [6, 6.07) is 9.34. The number of hydrogen-bond donors (Lipinski definition) is 0. The molecule has 1 aromatic heterocycles. The number of benzene rings is 2. The van der Waals surface area contributed by atoms with Gasteiger partial charge in [-0.25, -0.2) is 4.79 Å². The van der Waals surface area contributed by atoms with E-state index in [1.54, 1.807) is 28.3 Å². The number of aromatic nitrogens is 1. The minimum Gasteiger partial charge on any atom is -0.493 e. The van der Waals surface area contributed by atoms with E-state index in [9.17, 15) is 4.79 Å². The van der Waals surface area contributed by atoms with E-state index in [-0.39, 0.29) is 12.7 Å². The highest BCUT2D eigenvalue weighted by molar-refractivity contribution is 6.08. The van der Waals surface area contributed by atoms with Crippen molar-refractivity contribution in [2.75, 3.05) is 54.2 Å². The molecule has 0 saturated carbocycles. The SMILES string of the molecule is CCOC(=O)c1c(CN2CCOCC2)nc2cc(OC)c(OC)cc2c1-c1ccc(OC)c(OC(C)C)c1. The van der Waals surface area contributed by atoms with Gasteiger partial charge in [-0.3, -0.25) is 9.88 Å². The lowest BCUT2D eigenvalue weighted by molar-refractivity contribution is 0.0331. The summed E-state index contributed by atoms with van der Waals surface area (Å²) in [5, 5.41) is 0.733. The number of carbonyl (C=O) groups is 1. The van der Waals surface area contributed by atoms with E-state index in [2.05, 4.69) is 4.90 Å². The zero-order chi connectivity index (χ0) is 27.2. The molecule has 9 heteroatoms. The number of carbonyl (C=O) groups excluding carboxylic acids is 1. The first kappa shape index (κ1) is 27.5. The molecule has 204 valence electrons. The van der Waals surface area contributed by atoms with E-state index < -0.39 is 5.97 Å². The van der Waals surface area contributed by atoms with Crippen molar-refractivity contribution in [3.63, 3.8) is 0 Å². The van der Waals surface area contributed by atoms with Crippen LogP contribution in [0.1, 0.15) is 36.8 Å². The fraction of sp³-hybridized carbons (Fsp3) is 0.448. The van der Waals surface area contributed by atoms with Gasteiger partial charge in [0.2, 0.25) is 0 Å². The number of esters is 1. The average molecular weight is 525 g/mol. The number of hydrogen-bond acceptors (Lipinski definition) is 9. The molecular formula is C29H36N2O7. The van der Waals surface area contributed by atoms with E-state index in [0.717, 1.165) is 24.0 Å². The summed E-state index contributed by atoms with van der Waals surface area (Å²) in [6.07, 6.45) is -0.0703. The molecule has 0 aliphatic carbocycles. The molecule has 2 aromatic carbocycles. The highest BCUT2D eigenvalue weighted by atomic mass is 16.5. The highest BCUT2D eigenvalue weighted by Crippen LogP contribution is 2.42. The van der Waals surface area contributed by atoms with Crippen LogP contribution in [0.15, 0.2) is 30.3 Å². The summed E-state index contributed by atoms with van der Waals surface area (Å²) in [5.41, 5.74) is 3.18. The molecule has 38 heavy (non-hydrogen) atoms. The summed E-state index contributed by atoms with van der Waals surface area (Å²) < 4.78 is 33.9. The number of rotatable bonds is 10. The van der Waals surface area contributed by atoms with Crippen LogP contribution in [-0.2, 0) is 16.0 Å². The summed E-state index contributed by atoms with van der Waals surface area (Å²) in [5.74, 6) is 1.84. The fourth-order valence-corrected chi connectivity index (χ4v) is 4.63. The Morgan fingerprint density at radius 2 is 1.66 bits per heavy atom. The zero-order valence-corrected chi connectivity index (χ0v) is 23.0. The Labute approximate surface area is 223 Å². The van der Waals surface area contributed by atoms with Gasteiger partial charge in [0, 0.05) is 36.7 Å². The van der Waals surface area contributed by atoms with Crippen molar-refractivity contribution in [3.8, 4) is 34.1 Å². The van der Waals surface area contributed by atoms with Gasteiger partial charge in [0.15, 0.2) is 23.0 Å². The van der Waals surface area contributed by atoms with Crippen molar-refractivity contribution >= 4 is 16.9 Å². The van der Waals surface area contributed by atoms with Crippen LogP contribution in [0.25, 0.3) is 22.0 Å². The molecule has 1 fully saturated rings. The summed E-state index contributed by atoms with van der Waals surface area (Å²) in [6.45, 7) is 9.18. The van der Waals surface area contributed by atoms with Crippen molar-refractivity contribution in [2.24, 2.45) is 0 Å². The third kappa shape index (κ3) is 5.79. The molecule has 4 rings (SSSR count). The van der Waals surface area contributed by atoms with Crippen LogP contribution in [0.2, 0.25) is 0 Å². The van der Waals surface area contributed by atoms with E-state index >= 15 is 0 Å². The summed E-state index contributed by atoms with van der Waals surface area (Å²) in [7, 11) is 4.77. The Kier molecular flexibility index (Phi) is 8.91. The normalized spacial score (nSPS) is 14.0. The van der Waals surface area contributed by atoms with Gasteiger partial charge in [-0.2, -0.15) is 0 Å². The minimum absolute atomic E-state index is 0.0703. The van der Waals surface area contributed by atoms with E-state index in [0.29, 0.717) is 65.1 Å². The van der Waals surface area contributed by atoms with Crippen molar-refractivity contribution < 1.29 is 33.2 Å². The van der Waals surface area contributed by atoms with Gasteiger partial charge in [-0.15, -0.1) is 0 Å². The number of morpholine rings is 1. The Morgan fingerprint density at radius 3 is 2.29 bits per heavy atom. The maximum Gasteiger partial charge on any atom is 0.340 e. The Balaban J connectivity index is 2.05. The van der Waals surface area contributed by atoms with Gasteiger partial charge >= 0.3 is 5.97 Å². The quantitative estimate of drug-likeness (QED) is 0.350. The Morgan fingerprint density at radius 1 is 0.974 bits per heavy atom. The van der Waals surface area contributed by atoms with E-state index in [4.69, 9.17) is 33.4 Å². The number of fused-ring (bicyclic) bond motifs is 1. The molecule has 1 aliphatic heterocycles. The number of pyridine rings is 1. The van der Waals surface area contributed by atoms with Gasteiger partial charge in [0.05, 0.1) is 64.0 Å². The second-order valence-corrected chi connectivity index (χ2v) is 9.17. The van der Waals surface area contributed by atoms with Crippen molar-refractivity contribution in [2.45, 2.75) is 33.4 Å². The molecule has 3 aromatic rings. The third-order valence-corrected chi connectivity index (χ3v) is 6.34. The molecule has 0 bridgehead atoms. The first-order valence-electron chi connectivity index (χ1n) is 12.8. The van der Waals surface area contributed by atoms with Crippen LogP contribution in [0.4, 0.5) is 0 Å². The van der Waals surface area contributed by atoms with Crippen LogP contribution < -0.4 is 18.9 Å². The molecular weight excluding hydrogens is 488 g/mol. The van der Waals surface area contributed by atoms with Gasteiger partial charge in [0.1, 0.15) is 0 Å². The molecule has 1 saturated heterocycles. The lowest BCUT2D eigenvalue weighted by atomic mass is 9.93. The number of ether oxygens (including phenoxy) is 6. The van der Waals surface area contributed by atoms with Crippen molar-refractivity contribution in [1.82, 2.24) is 9.88 Å². The van der Waals surface area contributed by atoms with E-state index in [1.165, 1.54) is 0 Å². The molecule has 9 nitrogen and oxygen atoms in total. The second-order valence-electron chi connectivity index (χ2n) is 9.17. The zero-order valence-electron chi connectivity index (χ0n) is 23.0. The Bertz CT molecular complexity index is 1290. The maximum atomic E-state index is 13.6. The van der Waals surface area contributed by atoms with Gasteiger partial charge in [0.25, 0.3) is 0 Å². The van der Waals surface area contributed by atoms with E-state index in [1.807, 2.05) is 44.2 Å². The summed E-state index contributed by atoms with van der Waals surface area (Å²) >= 11 is 0. The summed E-state index contributed by atoms with van der Waals surface area (Å²) in [4.78, 5) is 20.8. The minimum atomic E-state index is -0.433. The smallest absolute Gasteiger partial charge is 0.340 e. The van der Waals surface area contributed by atoms with Crippen LogP contribution >= 0.6 is 0 Å². The van der Waals surface area contributed by atoms with Crippen LogP contribution in [0.3, 0.4) is 0 Å². The second kappa shape index (κ2) is 12.3. The number of methoxy groups -OCH3 is 3. The van der Waals surface area contributed by atoms with Gasteiger partial charge in [-0.1, -0.05) is 6.07 Å². The predicted molar refractivity (Wildman–Crippen MR) is 145 cm³/mol. The van der Waals surface area contributed by atoms with Crippen molar-refractivity contribution in [1.29, 1.82) is 0 Å². The largest absolute Gasteiger partial charge is 0.493 e. The molecule has 0 amide bonds. The fourth-order valence-electron chi connectivity index (χ4n) is 4.63. The van der Waals surface area contributed by atoms with Crippen LogP contribution in [-0.4, -0.2) is 76.2 Å². The lowest BCUT2D eigenvalue weighted by Crippen LogP contribution is -2.36. The molecule has 0 unspecified atom stereocenters. The molecule has 1 aliphatic rings. The topological polar surface area (TPSA) is 88.6 Å². The molecule has 0 spiro atoms. The molecule has 0 N–H and O–H groups in total. The van der Waals surface area contributed by atoms with Gasteiger partial charge in [-0.05, 0) is 44.5 Å². The standard InChI is InChI=1S/C29H36N2O7/c1-7-37-29(32)28-22(17-31-10-12-36-13-11-31)30-21-16-25(35-6)24(34-5)15-20(21)27(28)19-8-9-23(33-4)26(14-19)38-18(2)3/h8-9,14-16,18H,7,10-13,17H2,1-6H3. The average Bonchev–Trinajstić information content (AvgIpc) is 2.91. The lowest BCUT2D eigenvalue weighted by Gasteiger charge is -2.27. The molecule has 0 atom stereocenters. The Hall–Kier alpha value is -3.56. The first-order valence-corrected chi connectivity index (χ1v) is 12.8. The maximum absolute atomic E-state index is 13.6. The predicted octanol–water partition coefficient (Wildman–Crippen LogP) is 4.72. The number of nitrogens with zero attached hydrogens (tertiary/aromatic N) is 2. The first-order chi connectivity index (χ1) is 18.4. The molecule has 0 radical (unpaired) electrons. The van der Waals surface area contributed by atoms with Crippen molar-refractivity contribution in [3.05, 3.63) is 41.6 Å². The van der Waals surface area contributed by atoms with Gasteiger partial charge < -0.3 is 28.4 Å². The monoisotopic (exact) mass is 524 g/mol. The van der Waals surface area contributed by atoms with Crippen LogP contribution in [0, 0.1) is 0 Å². The van der Waals surface area contributed by atoms with Crippen LogP contribution in [0.5, 0.6) is 23.0 Å². The highest BCUT2D eigenvalue weighted by Gasteiger charge is 2.27. The third-order valence-electron chi connectivity index (χ3n) is 6.34. The molecule has 2 heterocycles.